The average molecular weight is 241 g/mol. The van der Waals surface area contributed by atoms with E-state index in [0.29, 0.717) is 0 Å². The Morgan fingerprint density at radius 2 is 2.00 bits per heavy atom. The zero-order chi connectivity index (χ0) is 12.8. The number of carbonyl (C=O) groups is 1. The van der Waals surface area contributed by atoms with Gasteiger partial charge in [0.05, 0.1) is 6.04 Å². The summed E-state index contributed by atoms with van der Waals surface area (Å²) in [6, 6.07) is 0.0373. The first kappa shape index (κ1) is 14.5. The third-order valence-electron chi connectivity index (χ3n) is 3.80. The van der Waals surface area contributed by atoms with Gasteiger partial charge in [-0.05, 0) is 58.8 Å². The Morgan fingerprint density at radius 3 is 2.47 bits per heavy atom. The van der Waals surface area contributed by atoms with Crippen LogP contribution in [0.5, 0.6) is 0 Å². The van der Waals surface area contributed by atoms with Crippen LogP contribution in [-0.4, -0.2) is 62.5 Å². The van der Waals surface area contributed by atoms with E-state index in [4.69, 9.17) is 0 Å². The summed E-state index contributed by atoms with van der Waals surface area (Å²) in [5.41, 5.74) is 0. The smallest absolute Gasteiger partial charge is 0.239 e. The first-order chi connectivity index (χ1) is 8.06. The van der Waals surface area contributed by atoms with Crippen LogP contribution in [0.3, 0.4) is 0 Å². The van der Waals surface area contributed by atoms with Gasteiger partial charge < -0.3 is 10.2 Å². The molecule has 1 rings (SSSR count). The summed E-state index contributed by atoms with van der Waals surface area (Å²) in [6.45, 7) is 5.26. The molecular formula is C13H27N3O. The quantitative estimate of drug-likeness (QED) is 0.773. The number of nitrogens with zero attached hydrogens (tertiary/aromatic N) is 2. The van der Waals surface area contributed by atoms with Crippen molar-refractivity contribution in [1.82, 2.24) is 15.1 Å². The molecule has 0 saturated carbocycles. The van der Waals surface area contributed by atoms with Gasteiger partial charge in [0.15, 0.2) is 0 Å². The van der Waals surface area contributed by atoms with E-state index in [2.05, 4.69) is 10.2 Å². The molecule has 1 atom stereocenters. The van der Waals surface area contributed by atoms with Crippen LogP contribution in [0, 0.1) is 5.92 Å². The molecule has 4 nitrogen and oxygen atoms in total. The van der Waals surface area contributed by atoms with E-state index < -0.39 is 0 Å². The Hall–Kier alpha value is -0.610. The van der Waals surface area contributed by atoms with Crippen LogP contribution in [0.25, 0.3) is 0 Å². The maximum absolute atomic E-state index is 11.9. The van der Waals surface area contributed by atoms with Crippen molar-refractivity contribution < 1.29 is 4.79 Å². The molecule has 0 aromatic rings. The summed E-state index contributed by atoms with van der Waals surface area (Å²) in [6.07, 6.45) is 3.72. The zero-order valence-electron chi connectivity index (χ0n) is 11.7. The molecule has 17 heavy (non-hydrogen) atoms. The number of nitrogens with one attached hydrogen (secondary N) is 1. The highest BCUT2D eigenvalue weighted by Gasteiger charge is 2.26. The molecule has 0 aromatic carbocycles. The second-order valence-corrected chi connectivity index (χ2v) is 5.28. The number of carbonyl (C=O) groups excluding carboxylic acids is 1. The third kappa shape index (κ3) is 4.28. The van der Waals surface area contributed by atoms with Crippen LogP contribution in [-0.2, 0) is 4.79 Å². The normalized spacial score (nSPS) is 20.2. The maximum atomic E-state index is 11.9. The maximum Gasteiger partial charge on any atom is 0.239 e. The van der Waals surface area contributed by atoms with Gasteiger partial charge >= 0.3 is 0 Å². The van der Waals surface area contributed by atoms with E-state index in [-0.39, 0.29) is 11.9 Å². The first-order valence-electron chi connectivity index (χ1n) is 6.66. The molecule has 100 valence electrons. The van der Waals surface area contributed by atoms with Gasteiger partial charge in [-0.15, -0.1) is 0 Å². The van der Waals surface area contributed by atoms with Crippen LogP contribution in [0.2, 0.25) is 0 Å². The van der Waals surface area contributed by atoms with Crippen LogP contribution < -0.4 is 5.32 Å². The van der Waals surface area contributed by atoms with Crippen molar-refractivity contribution in [2.75, 3.05) is 40.8 Å². The van der Waals surface area contributed by atoms with E-state index in [1.807, 2.05) is 28.1 Å². The topological polar surface area (TPSA) is 35.6 Å². The van der Waals surface area contributed by atoms with Gasteiger partial charge in [0.2, 0.25) is 5.91 Å². The number of likely N-dealkylation sites (N-methyl/N-ethyl adjacent to an activating group) is 1. The van der Waals surface area contributed by atoms with Crippen molar-refractivity contribution in [3.63, 3.8) is 0 Å². The van der Waals surface area contributed by atoms with Gasteiger partial charge in [0.1, 0.15) is 0 Å². The summed E-state index contributed by atoms with van der Waals surface area (Å²) < 4.78 is 0. The molecule has 1 amide bonds. The Morgan fingerprint density at radius 1 is 1.41 bits per heavy atom. The molecule has 1 saturated heterocycles. The number of hydrogen-bond acceptors (Lipinski definition) is 3. The first-order valence-corrected chi connectivity index (χ1v) is 6.66. The third-order valence-corrected chi connectivity index (χ3v) is 3.80. The fourth-order valence-corrected chi connectivity index (χ4v) is 2.51. The summed E-state index contributed by atoms with van der Waals surface area (Å²) in [5, 5.41) is 3.21. The van der Waals surface area contributed by atoms with Crippen molar-refractivity contribution in [1.29, 1.82) is 0 Å². The average Bonchev–Trinajstić information content (AvgIpc) is 2.35. The van der Waals surface area contributed by atoms with Gasteiger partial charge in [-0.3, -0.25) is 9.69 Å². The fourth-order valence-electron chi connectivity index (χ4n) is 2.51. The van der Waals surface area contributed by atoms with E-state index in [1.165, 1.54) is 19.3 Å². The summed E-state index contributed by atoms with van der Waals surface area (Å²) in [5.74, 6) is 1.05. The number of piperidine rings is 1. The van der Waals surface area contributed by atoms with Crippen molar-refractivity contribution in [2.45, 2.75) is 32.2 Å². The second-order valence-electron chi connectivity index (χ2n) is 5.28. The minimum atomic E-state index is 0.0373. The minimum absolute atomic E-state index is 0.0373. The SMILES string of the molecule is CNCCC1CCN(C(C)C(=O)N(C)C)CC1. The minimum Gasteiger partial charge on any atom is -0.347 e. The van der Waals surface area contributed by atoms with Crippen molar-refractivity contribution in [3.8, 4) is 0 Å². The van der Waals surface area contributed by atoms with Crippen LogP contribution in [0.4, 0.5) is 0 Å². The monoisotopic (exact) mass is 241 g/mol. The molecular weight excluding hydrogens is 214 g/mol. The van der Waals surface area contributed by atoms with Crippen LogP contribution >= 0.6 is 0 Å². The van der Waals surface area contributed by atoms with Crippen LogP contribution in [0.15, 0.2) is 0 Å². The van der Waals surface area contributed by atoms with E-state index in [0.717, 1.165) is 25.6 Å². The zero-order valence-corrected chi connectivity index (χ0v) is 11.7. The predicted molar refractivity (Wildman–Crippen MR) is 71.0 cm³/mol. The molecule has 0 aliphatic carbocycles. The molecule has 1 N–H and O–H groups in total. The number of amides is 1. The lowest BCUT2D eigenvalue weighted by molar-refractivity contribution is -0.134. The summed E-state index contributed by atoms with van der Waals surface area (Å²) in [4.78, 5) is 15.9. The van der Waals surface area contributed by atoms with E-state index in [9.17, 15) is 4.79 Å². The predicted octanol–water partition coefficient (Wildman–Crippen LogP) is 0.785. The van der Waals surface area contributed by atoms with Gasteiger partial charge in [-0.25, -0.2) is 0 Å². The summed E-state index contributed by atoms with van der Waals surface area (Å²) in [7, 11) is 5.67. The van der Waals surface area contributed by atoms with E-state index >= 15 is 0 Å². The lowest BCUT2D eigenvalue weighted by Gasteiger charge is -2.36. The Kier molecular flexibility index (Phi) is 5.92. The lowest BCUT2D eigenvalue weighted by atomic mass is 9.93. The Bertz CT molecular complexity index is 235. The molecule has 1 aliphatic rings. The Balaban J connectivity index is 2.33. The Labute approximate surface area is 105 Å². The highest BCUT2D eigenvalue weighted by molar-refractivity contribution is 5.80. The number of hydrogen-bond donors (Lipinski definition) is 1. The second kappa shape index (κ2) is 6.97. The van der Waals surface area contributed by atoms with Gasteiger partial charge in [0, 0.05) is 14.1 Å². The molecule has 1 fully saturated rings. The molecule has 1 aliphatic heterocycles. The molecule has 0 spiro atoms. The van der Waals surface area contributed by atoms with Gasteiger partial charge in [0.25, 0.3) is 0 Å². The molecule has 0 radical (unpaired) electrons. The number of likely N-dealkylation sites (tertiary alicyclic amines) is 1. The highest BCUT2D eigenvalue weighted by atomic mass is 16.2. The van der Waals surface area contributed by atoms with Crippen molar-refractivity contribution >= 4 is 5.91 Å². The fraction of sp³-hybridized carbons (Fsp3) is 0.923. The van der Waals surface area contributed by atoms with Crippen molar-refractivity contribution in [3.05, 3.63) is 0 Å². The van der Waals surface area contributed by atoms with Gasteiger partial charge in [-0.2, -0.15) is 0 Å². The standard InChI is InChI=1S/C13H27N3O/c1-11(13(17)15(3)4)16-9-6-12(7-10-16)5-8-14-2/h11-12,14H,5-10H2,1-4H3. The lowest BCUT2D eigenvalue weighted by Crippen LogP contribution is -2.48. The molecule has 1 unspecified atom stereocenters. The molecule has 0 aromatic heterocycles. The van der Waals surface area contributed by atoms with Crippen LogP contribution in [0.1, 0.15) is 26.2 Å². The molecule has 0 bridgehead atoms. The van der Waals surface area contributed by atoms with Crippen molar-refractivity contribution in [2.24, 2.45) is 5.92 Å². The van der Waals surface area contributed by atoms with Gasteiger partial charge in [-0.1, -0.05) is 0 Å². The number of rotatable bonds is 5. The molecule has 1 heterocycles. The molecule has 4 heteroatoms. The largest absolute Gasteiger partial charge is 0.347 e. The van der Waals surface area contributed by atoms with E-state index in [1.54, 1.807) is 4.90 Å². The summed E-state index contributed by atoms with van der Waals surface area (Å²) >= 11 is 0. The highest BCUT2D eigenvalue weighted by Crippen LogP contribution is 2.21.